The molecule has 1 aliphatic heterocycles. The van der Waals surface area contributed by atoms with Gasteiger partial charge in [-0.05, 0) is 33.3 Å². The van der Waals surface area contributed by atoms with E-state index in [1.54, 1.807) is 0 Å². The number of methoxy groups -OCH3 is 1. The van der Waals surface area contributed by atoms with E-state index in [9.17, 15) is 4.79 Å². The van der Waals surface area contributed by atoms with Crippen molar-refractivity contribution < 1.29 is 18.7 Å². The highest BCUT2D eigenvalue weighted by atomic mass is 28.4. The Bertz CT molecular complexity index is 865. The SMILES string of the molecule is C=C1C[C@@H](CO[Si](c2ccccc2)(c2ccccc2)C(C)(C)C)O[C@@H]1[C@@H](C)CC(=O)OC. The Morgan fingerprint density at radius 1 is 1.09 bits per heavy atom. The molecule has 0 saturated carbocycles. The van der Waals surface area contributed by atoms with Crippen LogP contribution in [0.3, 0.4) is 0 Å². The number of carbonyl (C=O) groups is 1. The van der Waals surface area contributed by atoms with E-state index in [2.05, 4.69) is 75.9 Å². The van der Waals surface area contributed by atoms with Crippen LogP contribution < -0.4 is 10.4 Å². The molecular formula is C27H36O4Si. The molecule has 0 radical (unpaired) electrons. The Kier molecular flexibility index (Phi) is 7.75. The molecule has 1 fully saturated rings. The zero-order chi connectivity index (χ0) is 23.4. The number of carbonyl (C=O) groups excluding carboxylic acids is 1. The number of rotatable bonds is 8. The number of benzene rings is 2. The van der Waals surface area contributed by atoms with E-state index >= 15 is 0 Å². The minimum atomic E-state index is -2.60. The number of hydrogen-bond acceptors (Lipinski definition) is 4. The van der Waals surface area contributed by atoms with E-state index in [0.29, 0.717) is 13.0 Å². The van der Waals surface area contributed by atoms with Crippen molar-refractivity contribution in [3.8, 4) is 0 Å². The fourth-order valence-corrected chi connectivity index (χ4v) is 9.42. The van der Waals surface area contributed by atoms with E-state index < -0.39 is 8.32 Å². The molecule has 0 bridgehead atoms. The van der Waals surface area contributed by atoms with Crippen LogP contribution in [0.1, 0.15) is 40.5 Å². The average Bonchev–Trinajstić information content (AvgIpc) is 3.15. The summed E-state index contributed by atoms with van der Waals surface area (Å²) in [7, 11) is -1.19. The second-order valence-electron chi connectivity index (χ2n) is 9.77. The molecule has 3 atom stereocenters. The molecule has 0 spiro atoms. The van der Waals surface area contributed by atoms with E-state index in [4.69, 9.17) is 13.9 Å². The summed E-state index contributed by atoms with van der Waals surface area (Å²) >= 11 is 0. The lowest BCUT2D eigenvalue weighted by Crippen LogP contribution is -2.67. The molecule has 1 saturated heterocycles. The maximum atomic E-state index is 11.7. The van der Waals surface area contributed by atoms with Gasteiger partial charge in [-0.2, -0.15) is 0 Å². The third-order valence-corrected chi connectivity index (χ3v) is 11.4. The predicted molar refractivity (Wildman–Crippen MR) is 132 cm³/mol. The largest absolute Gasteiger partial charge is 0.469 e. The molecule has 3 rings (SSSR count). The summed E-state index contributed by atoms with van der Waals surface area (Å²) in [5.74, 6) is -0.200. The van der Waals surface area contributed by atoms with Crippen LogP contribution in [-0.2, 0) is 18.7 Å². The lowest BCUT2D eigenvalue weighted by Gasteiger charge is -2.43. The third-order valence-electron chi connectivity index (χ3n) is 6.37. The lowest BCUT2D eigenvalue weighted by molar-refractivity contribution is -0.142. The Morgan fingerprint density at radius 2 is 1.62 bits per heavy atom. The quantitative estimate of drug-likeness (QED) is 0.337. The average molecular weight is 453 g/mol. The molecule has 0 amide bonds. The number of ether oxygens (including phenoxy) is 2. The normalized spacial score (nSPS) is 20.2. The van der Waals surface area contributed by atoms with Gasteiger partial charge in [0.25, 0.3) is 8.32 Å². The van der Waals surface area contributed by atoms with Crippen LogP contribution in [0.25, 0.3) is 0 Å². The van der Waals surface area contributed by atoms with E-state index in [-0.39, 0.29) is 29.1 Å². The Balaban J connectivity index is 1.86. The summed E-state index contributed by atoms with van der Waals surface area (Å²) < 4.78 is 18.2. The van der Waals surface area contributed by atoms with Crippen LogP contribution in [0.5, 0.6) is 0 Å². The maximum Gasteiger partial charge on any atom is 0.305 e. The molecule has 5 heteroatoms. The van der Waals surface area contributed by atoms with Gasteiger partial charge >= 0.3 is 5.97 Å². The van der Waals surface area contributed by atoms with E-state index in [1.807, 2.05) is 19.1 Å². The van der Waals surface area contributed by atoms with Gasteiger partial charge in [0.15, 0.2) is 0 Å². The molecule has 32 heavy (non-hydrogen) atoms. The highest BCUT2D eigenvalue weighted by Crippen LogP contribution is 2.38. The zero-order valence-electron chi connectivity index (χ0n) is 20.0. The van der Waals surface area contributed by atoms with Gasteiger partial charge in [0, 0.05) is 0 Å². The highest BCUT2D eigenvalue weighted by molar-refractivity contribution is 6.99. The summed E-state index contributed by atoms with van der Waals surface area (Å²) in [6.45, 7) is 13.6. The smallest absolute Gasteiger partial charge is 0.305 e. The van der Waals surface area contributed by atoms with Crippen molar-refractivity contribution in [1.29, 1.82) is 0 Å². The second kappa shape index (κ2) is 10.2. The van der Waals surface area contributed by atoms with Crippen LogP contribution in [0.4, 0.5) is 0 Å². The fourth-order valence-electron chi connectivity index (χ4n) is 4.83. The summed E-state index contributed by atoms with van der Waals surface area (Å²) in [4.78, 5) is 11.7. The van der Waals surface area contributed by atoms with Gasteiger partial charge in [-0.3, -0.25) is 4.79 Å². The van der Waals surface area contributed by atoms with Crippen molar-refractivity contribution in [2.75, 3.05) is 13.7 Å². The summed E-state index contributed by atoms with van der Waals surface area (Å²) in [6.07, 6.45) is 0.840. The van der Waals surface area contributed by atoms with Gasteiger partial charge in [-0.1, -0.05) is 94.9 Å². The van der Waals surface area contributed by atoms with Crippen molar-refractivity contribution in [2.45, 2.75) is 57.8 Å². The van der Waals surface area contributed by atoms with Gasteiger partial charge in [-0.25, -0.2) is 0 Å². The van der Waals surface area contributed by atoms with E-state index in [0.717, 1.165) is 12.0 Å². The summed E-state index contributed by atoms with van der Waals surface area (Å²) in [5, 5.41) is 2.43. The van der Waals surface area contributed by atoms with Crippen LogP contribution in [0.2, 0.25) is 5.04 Å². The number of hydrogen-bond donors (Lipinski definition) is 0. The minimum absolute atomic E-state index is 0.0211. The van der Waals surface area contributed by atoms with Gasteiger partial charge in [-0.15, -0.1) is 0 Å². The number of esters is 1. The third kappa shape index (κ3) is 5.06. The van der Waals surface area contributed by atoms with Crippen molar-refractivity contribution in [3.63, 3.8) is 0 Å². The van der Waals surface area contributed by atoms with E-state index in [1.165, 1.54) is 17.5 Å². The van der Waals surface area contributed by atoms with Gasteiger partial charge in [0.2, 0.25) is 0 Å². The second-order valence-corrected chi connectivity index (χ2v) is 14.1. The first-order valence-corrected chi connectivity index (χ1v) is 13.2. The molecule has 2 aromatic carbocycles. The van der Waals surface area contributed by atoms with Gasteiger partial charge in [0.1, 0.15) is 0 Å². The Labute approximate surface area is 193 Å². The van der Waals surface area contributed by atoms with Gasteiger partial charge < -0.3 is 13.9 Å². The standard InChI is InChI=1S/C27H36O4Si/c1-20-17-22(31-26(20)21(2)18-25(28)29-6)19-30-32(27(3,4)5,23-13-9-7-10-14-23)24-15-11-8-12-16-24/h7-16,21-22,26H,1,17-19H2,2-6H3/t21-,22-,26-/m0/s1. The Morgan fingerprint density at radius 3 is 2.09 bits per heavy atom. The Hall–Kier alpha value is -2.21. The predicted octanol–water partition coefficient (Wildman–Crippen LogP) is 4.48. The van der Waals surface area contributed by atoms with Crippen molar-refractivity contribution in [1.82, 2.24) is 0 Å². The first kappa shape index (κ1) is 24.4. The van der Waals surface area contributed by atoms with Crippen molar-refractivity contribution in [3.05, 3.63) is 72.8 Å². The van der Waals surface area contributed by atoms with Crippen molar-refractivity contribution in [2.24, 2.45) is 5.92 Å². The highest BCUT2D eigenvalue weighted by Gasteiger charge is 2.50. The van der Waals surface area contributed by atoms with Crippen LogP contribution >= 0.6 is 0 Å². The maximum absolute atomic E-state index is 11.7. The molecule has 0 N–H and O–H groups in total. The van der Waals surface area contributed by atoms with Crippen LogP contribution in [-0.4, -0.2) is 40.2 Å². The van der Waals surface area contributed by atoms with Gasteiger partial charge in [0.05, 0.1) is 32.3 Å². The summed E-state index contributed by atoms with van der Waals surface area (Å²) in [5.41, 5.74) is 1.03. The lowest BCUT2D eigenvalue weighted by atomic mass is 9.95. The molecule has 4 nitrogen and oxygen atoms in total. The zero-order valence-corrected chi connectivity index (χ0v) is 21.0. The topological polar surface area (TPSA) is 44.8 Å². The molecule has 0 aliphatic carbocycles. The summed E-state index contributed by atoms with van der Waals surface area (Å²) in [6, 6.07) is 21.2. The van der Waals surface area contributed by atoms with Crippen molar-refractivity contribution >= 4 is 24.7 Å². The minimum Gasteiger partial charge on any atom is -0.469 e. The molecular weight excluding hydrogens is 416 g/mol. The first-order valence-electron chi connectivity index (χ1n) is 11.3. The fraction of sp³-hybridized carbons (Fsp3) is 0.444. The molecule has 2 aromatic rings. The molecule has 1 heterocycles. The molecule has 0 aromatic heterocycles. The molecule has 0 unspecified atom stereocenters. The first-order chi connectivity index (χ1) is 15.2. The van der Waals surface area contributed by atoms with Crippen LogP contribution in [0, 0.1) is 5.92 Å². The molecule has 1 aliphatic rings. The van der Waals surface area contributed by atoms with Crippen LogP contribution in [0.15, 0.2) is 72.8 Å². The monoisotopic (exact) mass is 452 g/mol. The molecule has 172 valence electrons.